The summed E-state index contributed by atoms with van der Waals surface area (Å²) in [6.07, 6.45) is 5.66. The number of hydrogen-bond donors (Lipinski definition) is 2. The fraction of sp³-hybridized carbons (Fsp3) is 0.364. The first kappa shape index (κ1) is 14.6. The summed E-state index contributed by atoms with van der Waals surface area (Å²) in [4.78, 5) is 22.8. The van der Waals surface area contributed by atoms with Crippen molar-refractivity contribution in [2.75, 3.05) is 19.1 Å². The van der Waals surface area contributed by atoms with E-state index in [0.717, 1.165) is 0 Å². The number of nitrogen functional groups attached to an aromatic ring is 1. The number of rotatable bonds is 5. The second-order valence-corrected chi connectivity index (χ2v) is 5.84. The van der Waals surface area contributed by atoms with Gasteiger partial charge in [-0.25, -0.2) is 5.84 Å². The summed E-state index contributed by atoms with van der Waals surface area (Å²) in [5, 5.41) is 2.03. The quantitative estimate of drug-likeness (QED) is 0.254. The Kier molecular flexibility index (Phi) is 5.76. The lowest BCUT2D eigenvalue weighted by atomic mass is 10.2. The van der Waals surface area contributed by atoms with Crippen LogP contribution < -0.4 is 16.8 Å². The molecule has 0 bridgehead atoms. The van der Waals surface area contributed by atoms with Crippen LogP contribution in [-0.4, -0.2) is 35.0 Å². The van der Waals surface area contributed by atoms with Crippen LogP contribution >= 0.6 is 10.5 Å². The molecule has 0 unspecified atom stereocenters. The number of pyridine rings is 1. The number of carbonyl (C=O) groups excluding carboxylic acids is 1. The van der Waals surface area contributed by atoms with E-state index in [-0.39, 0.29) is 28.3 Å². The molecule has 1 rings (SSSR count). The van der Waals surface area contributed by atoms with E-state index in [9.17, 15) is 9.59 Å². The SMILES string of the molecule is CS(C)=CCOCn1ccc(C(=O)NN)cc1=O. The van der Waals surface area contributed by atoms with Crippen molar-refractivity contribution >= 4 is 21.8 Å². The highest BCUT2D eigenvalue weighted by Gasteiger charge is 2.05. The van der Waals surface area contributed by atoms with Gasteiger partial charge in [0.25, 0.3) is 11.5 Å². The Labute approximate surface area is 108 Å². The van der Waals surface area contributed by atoms with E-state index in [1.807, 2.05) is 10.8 Å². The van der Waals surface area contributed by atoms with Crippen LogP contribution in [0.15, 0.2) is 23.1 Å². The van der Waals surface area contributed by atoms with Crippen molar-refractivity contribution in [3.8, 4) is 0 Å². The molecule has 0 atom stereocenters. The van der Waals surface area contributed by atoms with Gasteiger partial charge in [0.2, 0.25) is 0 Å². The Morgan fingerprint density at radius 2 is 2.33 bits per heavy atom. The maximum Gasteiger partial charge on any atom is 0.265 e. The number of nitrogens with two attached hydrogens (primary N) is 1. The Bertz CT molecular complexity index is 507. The zero-order valence-corrected chi connectivity index (χ0v) is 11.2. The second kappa shape index (κ2) is 7.10. The molecule has 1 aromatic heterocycles. The van der Waals surface area contributed by atoms with E-state index >= 15 is 0 Å². The number of nitrogens with one attached hydrogen (secondary N) is 1. The Morgan fingerprint density at radius 3 is 2.89 bits per heavy atom. The second-order valence-electron chi connectivity index (χ2n) is 3.74. The number of carbonyl (C=O) groups is 1. The molecular formula is C11H17N3O3S. The molecular weight excluding hydrogens is 254 g/mol. The summed E-state index contributed by atoms with van der Waals surface area (Å²) in [5.74, 6) is 4.49. The minimum atomic E-state index is -0.491. The van der Waals surface area contributed by atoms with Gasteiger partial charge in [0.05, 0.1) is 6.61 Å². The van der Waals surface area contributed by atoms with E-state index < -0.39 is 5.91 Å². The van der Waals surface area contributed by atoms with Crippen LogP contribution in [-0.2, 0) is 11.5 Å². The fourth-order valence-corrected chi connectivity index (χ4v) is 1.54. The molecule has 1 amide bonds. The van der Waals surface area contributed by atoms with Gasteiger partial charge in [0.1, 0.15) is 6.73 Å². The monoisotopic (exact) mass is 271 g/mol. The predicted octanol–water partition coefficient (Wildman–Crippen LogP) is -0.243. The van der Waals surface area contributed by atoms with Crippen LogP contribution in [0.4, 0.5) is 0 Å². The zero-order chi connectivity index (χ0) is 13.5. The highest BCUT2D eigenvalue weighted by atomic mass is 32.2. The molecule has 0 spiro atoms. The largest absolute Gasteiger partial charge is 0.356 e. The number of nitrogens with zero attached hydrogens (tertiary/aromatic N) is 1. The van der Waals surface area contributed by atoms with Crippen molar-refractivity contribution in [2.24, 2.45) is 5.84 Å². The van der Waals surface area contributed by atoms with Crippen molar-refractivity contribution in [3.05, 3.63) is 34.2 Å². The Hall–Kier alpha value is -1.44. The summed E-state index contributed by atoms with van der Waals surface area (Å²) >= 11 is 0. The third-order valence-corrected chi connectivity index (χ3v) is 2.94. The van der Waals surface area contributed by atoms with Crippen LogP contribution in [0.3, 0.4) is 0 Å². The van der Waals surface area contributed by atoms with E-state index in [1.54, 1.807) is 0 Å². The lowest BCUT2D eigenvalue weighted by molar-refractivity contribution is 0.0950. The number of hydrazine groups is 1. The molecule has 18 heavy (non-hydrogen) atoms. The van der Waals surface area contributed by atoms with E-state index in [0.29, 0.717) is 6.61 Å². The maximum atomic E-state index is 11.6. The predicted molar refractivity (Wildman–Crippen MR) is 73.8 cm³/mol. The van der Waals surface area contributed by atoms with Crippen LogP contribution in [0.25, 0.3) is 0 Å². The number of hydrogen-bond acceptors (Lipinski definition) is 4. The van der Waals surface area contributed by atoms with Crippen molar-refractivity contribution in [1.29, 1.82) is 0 Å². The maximum absolute atomic E-state index is 11.6. The molecule has 6 nitrogen and oxygen atoms in total. The number of amides is 1. The molecule has 0 aliphatic rings. The van der Waals surface area contributed by atoms with Gasteiger partial charge in [-0.3, -0.25) is 19.6 Å². The van der Waals surface area contributed by atoms with E-state index in [2.05, 4.69) is 12.5 Å². The first-order valence-corrected chi connectivity index (χ1v) is 7.34. The number of aromatic nitrogens is 1. The van der Waals surface area contributed by atoms with Crippen LogP contribution in [0.2, 0.25) is 0 Å². The van der Waals surface area contributed by atoms with Crippen molar-refractivity contribution in [2.45, 2.75) is 6.73 Å². The first-order chi connectivity index (χ1) is 8.54. The van der Waals surface area contributed by atoms with Gasteiger partial charge in [-0.15, -0.1) is 0 Å². The molecule has 0 fully saturated rings. The lowest BCUT2D eigenvalue weighted by Gasteiger charge is -2.06. The first-order valence-electron chi connectivity index (χ1n) is 5.23. The molecule has 1 aromatic rings. The van der Waals surface area contributed by atoms with Gasteiger partial charge < -0.3 is 4.74 Å². The van der Waals surface area contributed by atoms with Gasteiger partial charge in [-0.2, -0.15) is 10.5 Å². The van der Waals surface area contributed by atoms with Gasteiger partial charge in [-0.1, -0.05) is 0 Å². The van der Waals surface area contributed by atoms with E-state index in [4.69, 9.17) is 10.6 Å². The smallest absolute Gasteiger partial charge is 0.265 e. The number of ether oxygens (including phenoxy) is 1. The minimum Gasteiger partial charge on any atom is -0.356 e. The molecule has 0 aliphatic carbocycles. The van der Waals surface area contributed by atoms with Crippen LogP contribution in [0.1, 0.15) is 10.4 Å². The summed E-state index contributed by atoms with van der Waals surface area (Å²) in [7, 11) is 0.206. The summed E-state index contributed by atoms with van der Waals surface area (Å²) < 4.78 is 6.71. The normalized spacial score (nSPS) is 10.4. The molecule has 0 aliphatic heterocycles. The van der Waals surface area contributed by atoms with E-state index in [1.165, 1.54) is 22.9 Å². The molecule has 100 valence electrons. The molecule has 0 radical (unpaired) electrons. The highest BCUT2D eigenvalue weighted by molar-refractivity contribution is 8.13. The summed E-state index contributed by atoms with van der Waals surface area (Å²) in [6, 6.07) is 2.74. The summed E-state index contributed by atoms with van der Waals surface area (Å²) in [6.45, 7) is 0.657. The zero-order valence-electron chi connectivity index (χ0n) is 10.4. The van der Waals surface area contributed by atoms with Crippen molar-refractivity contribution < 1.29 is 9.53 Å². The molecule has 3 N–H and O–H groups in total. The van der Waals surface area contributed by atoms with Crippen LogP contribution in [0, 0.1) is 0 Å². The minimum absolute atomic E-state index is 0.164. The Balaban J connectivity index is 2.66. The standard InChI is InChI=1S/C11H17N3O3S/c1-18(2)6-5-17-8-14-4-3-9(7-10(14)15)11(16)13-12/h3-4,6-7H,5,8,12H2,1-2H3,(H,13,16). The lowest BCUT2D eigenvalue weighted by Crippen LogP contribution is -2.31. The van der Waals surface area contributed by atoms with Gasteiger partial charge in [-0.05, 0) is 23.9 Å². The molecule has 7 heteroatoms. The highest BCUT2D eigenvalue weighted by Crippen LogP contribution is 1.96. The average Bonchev–Trinajstić information content (AvgIpc) is 2.34. The van der Waals surface area contributed by atoms with Gasteiger partial charge in [0.15, 0.2) is 0 Å². The van der Waals surface area contributed by atoms with Gasteiger partial charge >= 0.3 is 0 Å². The molecule has 0 aromatic carbocycles. The average molecular weight is 271 g/mol. The van der Waals surface area contributed by atoms with Crippen molar-refractivity contribution in [3.63, 3.8) is 0 Å². The molecule has 1 heterocycles. The third kappa shape index (κ3) is 4.44. The Morgan fingerprint density at radius 1 is 1.61 bits per heavy atom. The van der Waals surface area contributed by atoms with Crippen LogP contribution in [0.5, 0.6) is 0 Å². The summed E-state index contributed by atoms with van der Waals surface area (Å²) in [5.41, 5.74) is 1.90. The third-order valence-electron chi connectivity index (χ3n) is 2.14. The fourth-order valence-electron chi connectivity index (χ4n) is 1.17. The van der Waals surface area contributed by atoms with Crippen molar-refractivity contribution in [1.82, 2.24) is 9.99 Å². The molecule has 0 saturated heterocycles. The topological polar surface area (TPSA) is 86.3 Å². The van der Waals surface area contributed by atoms with Gasteiger partial charge in [0, 0.05) is 17.8 Å². The molecule has 0 saturated carbocycles.